The lowest BCUT2D eigenvalue weighted by molar-refractivity contribution is -0.946. The highest BCUT2D eigenvalue weighted by atomic mass is 16.6. The lowest BCUT2D eigenvalue weighted by atomic mass is 9.82. The number of esters is 1. The zero-order valence-corrected chi connectivity index (χ0v) is 21.0. The van der Waals surface area contributed by atoms with Gasteiger partial charge in [-0.2, -0.15) is 0 Å². The number of ether oxygens (including phenoxy) is 1. The van der Waals surface area contributed by atoms with Crippen LogP contribution in [0.4, 0.5) is 0 Å². The van der Waals surface area contributed by atoms with E-state index in [-0.39, 0.29) is 12.0 Å². The van der Waals surface area contributed by atoms with Crippen molar-refractivity contribution in [3.8, 4) is 0 Å². The van der Waals surface area contributed by atoms with Crippen LogP contribution >= 0.6 is 0 Å². The van der Waals surface area contributed by atoms with E-state index in [0.29, 0.717) is 29.2 Å². The number of carbonyl (C=O) groups excluding carboxylic acids is 2. The maximum absolute atomic E-state index is 13.7. The molecule has 3 aliphatic rings. The van der Waals surface area contributed by atoms with Gasteiger partial charge < -0.3 is 19.6 Å². The topological polar surface area (TPSA) is 88.5 Å². The van der Waals surface area contributed by atoms with Crippen molar-refractivity contribution < 1.29 is 23.9 Å². The number of amides is 1. The molecule has 0 unspecified atom stereocenters. The van der Waals surface area contributed by atoms with Crippen molar-refractivity contribution in [2.75, 3.05) is 32.7 Å². The second-order valence-corrected chi connectivity index (χ2v) is 10.3. The van der Waals surface area contributed by atoms with Gasteiger partial charge in [0, 0.05) is 44.1 Å². The summed E-state index contributed by atoms with van der Waals surface area (Å²) in [6.45, 7) is 4.35. The molecule has 7 heteroatoms. The van der Waals surface area contributed by atoms with E-state index < -0.39 is 11.6 Å². The smallest absolute Gasteiger partial charge is 0.348 e. The van der Waals surface area contributed by atoms with Crippen LogP contribution in [-0.4, -0.2) is 65.3 Å². The predicted molar refractivity (Wildman–Crippen MR) is 139 cm³/mol. The lowest BCUT2D eigenvalue weighted by Gasteiger charge is -2.52. The summed E-state index contributed by atoms with van der Waals surface area (Å²) in [4.78, 5) is 30.0. The van der Waals surface area contributed by atoms with Crippen molar-refractivity contribution in [1.82, 2.24) is 10.3 Å². The standard InChI is InChI=1S/C30H33N3O4/c34-28(24-9-7-16-31-21-24)32-17-8-18-33-19-14-23(15-20-33)27(22-33)37-29(35)30(36,25-10-3-1-4-11-25)26-12-5-2-6-13-26/h1-7,9-13,16,21,23,27,36H,8,14-15,17-20,22H2/p+1/t23?,27-,33?/m0/s1. The summed E-state index contributed by atoms with van der Waals surface area (Å²) in [6, 6.07) is 21.6. The van der Waals surface area contributed by atoms with Gasteiger partial charge in [0.05, 0.1) is 25.2 Å². The predicted octanol–water partition coefficient (Wildman–Crippen LogP) is 3.29. The molecule has 3 saturated heterocycles. The van der Waals surface area contributed by atoms with E-state index in [2.05, 4.69) is 10.3 Å². The molecule has 1 atom stereocenters. The normalized spacial score (nSPS) is 22.8. The molecule has 192 valence electrons. The molecule has 1 aromatic heterocycles. The number of piperidine rings is 3. The molecule has 2 N–H and O–H groups in total. The zero-order valence-electron chi connectivity index (χ0n) is 21.0. The summed E-state index contributed by atoms with van der Waals surface area (Å²) < 4.78 is 7.03. The van der Waals surface area contributed by atoms with E-state index in [0.717, 1.165) is 49.9 Å². The highest BCUT2D eigenvalue weighted by Gasteiger charge is 2.50. The van der Waals surface area contributed by atoms with Crippen LogP contribution in [0.3, 0.4) is 0 Å². The van der Waals surface area contributed by atoms with Crippen molar-refractivity contribution in [3.05, 3.63) is 102 Å². The number of nitrogens with zero attached hydrogens (tertiary/aromatic N) is 2. The molecular weight excluding hydrogens is 466 g/mol. The van der Waals surface area contributed by atoms with Crippen molar-refractivity contribution in [1.29, 1.82) is 0 Å². The Kier molecular flexibility index (Phi) is 7.35. The van der Waals surface area contributed by atoms with Gasteiger partial charge in [0.25, 0.3) is 5.91 Å². The van der Waals surface area contributed by atoms with Gasteiger partial charge >= 0.3 is 5.97 Å². The Morgan fingerprint density at radius 2 is 1.62 bits per heavy atom. The average Bonchev–Trinajstić information content (AvgIpc) is 2.96. The lowest BCUT2D eigenvalue weighted by Crippen LogP contribution is -2.65. The van der Waals surface area contributed by atoms with Crippen LogP contribution in [0.2, 0.25) is 0 Å². The molecule has 1 amide bonds. The number of pyridine rings is 1. The van der Waals surface area contributed by atoms with E-state index in [1.807, 2.05) is 36.4 Å². The maximum atomic E-state index is 13.7. The van der Waals surface area contributed by atoms with Crippen LogP contribution in [0.15, 0.2) is 85.2 Å². The van der Waals surface area contributed by atoms with E-state index in [1.165, 1.54) is 0 Å². The van der Waals surface area contributed by atoms with Crippen LogP contribution in [0.25, 0.3) is 0 Å². The minimum Gasteiger partial charge on any atom is -0.453 e. The Labute approximate surface area is 217 Å². The first-order valence-electron chi connectivity index (χ1n) is 13.1. The molecule has 0 radical (unpaired) electrons. The Balaban J connectivity index is 1.24. The number of benzene rings is 2. The van der Waals surface area contributed by atoms with Gasteiger partial charge in [0.2, 0.25) is 5.60 Å². The fourth-order valence-electron chi connectivity index (χ4n) is 5.87. The first-order chi connectivity index (χ1) is 18.0. The van der Waals surface area contributed by atoms with Crippen LogP contribution in [-0.2, 0) is 15.1 Å². The number of fused-ring (bicyclic) bond motifs is 3. The molecule has 3 fully saturated rings. The van der Waals surface area contributed by atoms with E-state index in [1.54, 1.807) is 48.8 Å². The van der Waals surface area contributed by atoms with Gasteiger partial charge in [0.15, 0.2) is 6.10 Å². The van der Waals surface area contributed by atoms with Crippen molar-refractivity contribution in [3.63, 3.8) is 0 Å². The van der Waals surface area contributed by atoms with Crippen LogP contribution in [0, 0.1) is 5.92 Å². The van der Waals surface area contributed by atoms with E-state index >= 15 is 0 Å². The molecule has 37 heavy (non-hydrogen) atoms. The summed E-state index contributed by atoms with van der Waals surface area (Å²) in [5.41, 5.74) is -0.304. The molecule has 0 saturated carbocycles. The molecule has 3 aromatic rings. The SMILES string of the molecule is O=C(NCCC[N+]12CCC(CC1)[C@@H](OC(=O)C(O)(c1ccccc1)c1ccccc1)C2)c1cccnc1. The number of rotatable bonds is 9. The second-order valence-electron chi connectivity index (χ2n) is 10.3. The zero-order chi connectivity index (χ0) is 25.7. The summed E-state index contributed by atoms with van der Waals surface area (Å²) in [6.07, 6.45) is 5.81. The molecule has 2 aromatic carbocycles. The number of aromatic nitrogens is 1. The number of aliphatic hydroxyl groups is 1. The van der Waals surface area contributed by atoms with Gasteiger partial charge in [-0.05, 0) is 23.3 Å². The Morgan fingerprint density at radius 1 is 0.973 bits per heavy atom. The molecular formula is C30H34N3O4+. The number of quaternary nitrogens is 1. The van der Waals surface area contributed by atoms with Gasteiger partial charge in [-0.25, -0.2) is 4.79 Å². The van der Waals surface area contributed by atoms with Crippen molar-refractivity contribution >= 4 is 11.9 Å². The van der Waals surface area contributed by atoms with Gasteiger partial charge in [-0.15, -0.1) is 0 Å². The number of nitrogens with one attached hydrogen (secondary N) is 1. The monoisotopic (exact) mass is 500 g/mol. The third-order valence-electron chi connectivity index (χ3n) is 8.00. The molecule has 0 aliphatic carbocycles. The summed E-state index contributed by atoms with van der Waals surface area (Å²) in [5, 5.41) is 14.8. The minimum atomic E-state index is -1.87. The average molecular weight is 501 g/mol. The van der Waals surface area contributed by atoms with Crippen LogP contribution in [0.1, 0.15) is 40.7 Å². The second kappa shape index (κ2) is 10.8. The third kappa shape index (κ3) is 5.29. The minimum absolute atomic E-state index is 0.113. The van der Waals surface area contributed by atoms with Gasteiger partial charge in [-0.3, -0.25) is 9.78 Å². The van der Waals surface area contributed by atoms with Gasteiger partial charge in [0.1, 0.15) is 6.54 Å². The van der Waals surface area contributed by atoms with Crippen molar-refractivity contribution in [2.24, 2.45) is 5.92 Å². The molecule has 6 rings (SSSR count). The molecule has 0 spiro atoms. The Hall–Kier alpha value is -3.55. The fraction of sp³-hybridized carbons (Fsp3) is 0.367. The summed E-state index contributed by atoms with van der Waals surface area (Å²) >= 11 is 0. The summed E-state index contributed by atoms with van der Waals surface area (Å²) in [5.74, 6) is -0.422. The Morgan fingerprint density at radius 3 is 2.22 bits per heavy atom. The van der Waals surface area contributed by atoms with Gasteiger partial charge in [-0.1, -0.05) is 60.7 Å². The fourth-order valence-corrected chi connectivity index (χ4v) is 5.87. The largest absolute Gasteiger partial charge is 0.453 e. The molecule has 7 nitrogen and oxygen atoms in total. The van der Waals surface area contributed by atoms with Crippen LogP contribution in [0.5, 0.6) is 0 Å². The summed E-state index contributed by atoms with van der Waals surface area (Å²) in [7, 11) is 0. The number of carbonyl (C=O) groups is 2. The van der Waals surface area contributed by atoms with E-state index in [4.69, 9.17) is 4.74 Å². The Bertz CT molecular complexity index is 1160. The number of hydrogen-bond acceptors (Lipinski definition) is 5. The highest BCUT2D eigenvalue weighted by molar-refractivity contribution is 5.93. The molecule has 4 heterocycles. The van der Waals surface area contributed by atoms with Crippen LogP contribution < -0.4 is 5.32 Å². The third-order valence-corrected chi connectivity index (χ3v) is 8.00. The number of hydrogen-bond donors (Lipinski definition) is 2. The first-order valence-corrected chi connectivity index (χ1v) is 13.1. The molecule has 2 bridgehead atoms. The molecule has 3 aliphatic heterocycles. The quantitative estimate of drug-likeness (QED) is 0.267. The van der Waals surface area contributed by atoms with E-state index in [9.17, 15) is 14.7 Å². The highest BCUT2D eigenvalue weighted by Crippen LogP contribution is 2.38. The maximum Gasteiger partial charge on any atom is 0.348 e. The first kappa shape index (κ1) is 25.1. The van der Waals surface area contributed by atoms with Crippen molar-refractivity contribution in [2.45, 2.75) is 31.0 Å².